The van der Waals surface area contributed by atoms with Crippen molar-refractivity contribution in [2.75, 3.05) is 0 Å². The topological polar surface area (TPSA) is 30.0 Å². The minimum Gasteiger partial charge on any atom is -0.298 e. The van der Waals surface area contributed by atoms with Crippen LogP contribution in [0.4, 0.5) is 0 Å². The largest absolute Gasteiger partial charge is 0.298 e. The number of aromatic nitrogens is 1. The van der Waals surface area contributed by atoms with Crippen molar-refractivity contribution in [2.24, 2.45) is 0 Å². The van der Waals surface area contributed by atoms with E-state index in [0.717, 1.165) is 22.6 Å². The second kappa shape index (κ2) is 4.58. The molecule has 0 unspecified atom stereocenters. The predicted octanol–water partition coefficient (Wildman–Crippen LogP) is 3.75. The van der Waals surface area contributed by atoms with E-state index in [1.165, 1.54) is 0 Å². The van der Waals surface area contributed by atoms with Crippen LogP contribution in [0.3, 0.4) is 0 Å². The van der Waals surface area contributed by atoms with E-state index in [-0.39, 0.29) is 0 Å². The van der Waals surface area contributed by atoms with Gasteiger partial charge in [-0.25, -0.2) is 4.98 Å². The average Bonchev–Trinajstić information content (AvgIpc) is 2.78. The molecule has 1 aromatic heterocycles. The Bertz CT molecular complexity index is 485. The minimum atomic E-state index is 0.458. The molecule has 2 nitrogen and oxygen atoms in total. The van der Waals surface area contributed by atoms with Crippen molar-refractivity contribution in [1.82, 2.24) is 4.98 Å². The van der Waals surface area contributed by atoms with Crippen LogP contribution in [0.15, 0.2) is 29.6 Å². The van der Waals surface area contributed by atoms with E-state index in [0.29, 0.717) is 11.5 Å². The van der Waals surface area contributed by atoms with E-state index in [1.54, 1.807) is 11.3 Å². The van der Waals surface area contributed by atoms with Crippen LogP contribution >= 0.6 is 11.3 Å². The maximum absolute atomic E-state index is 10.5. The van der Waals surface area contributed by atoms with Gasteiger partial charge in [-0.3, -0.25) is 4.79 Å². The molecule has 0 aliphatic heterocycles. The number of aldehydes is 1. The Balaban J connectivity index is 2.31. The first-order valence-corrected chi connectivity index (χ1v) is 6.09. The number of rotatable bonds is 3. The Morgan fingerprint density at radius 2 is 1.94 bits per heavy atom. The van der Waals surface area contributed by atoms with Gasteiger partial charge in [0.15, 0.2) is 0 Å². The van der Waals surface area contributed by atoms with Gasteiger partial charge < -0.3 is 0 Å². The quantitative estimate of drug-likeness (QED) is 0.753. The van der Waals surface area contributed by atoms with E-state index in [9.17, 15) is 4.79 Å². The first-order chi connectivity index (χ1) is 7.70. The number of carbonyl (C=O) groups is 1. The highest BCUT2D eigenvalue weighted by atomic mass is 32.1. The molecule has 16 heavy (non-hydrogen) atoms. The Labute approximate surface area is 99.0 Å². The van der Waals surface area contributed by atoms with Crippen LogP contribution in [0.5, 0.6) is 0 Å². The number of benzene rings is 1. The van der Waals surface area contributed by atoms with Gasteiger partial charge in [-0.2, -0.15) is 0 Å². The molecule has 2 aromatic rings. The molecular weight excluding hydrogens is 218 g/mol. The van der Waals surface area contributed by atoms with Gasteiger partial charge in [0, 0.05) is 16.5 Å². The molecule has 0 saturated heterocycles. The van der Waals surface area contributed by atoms with Crippen molar-refractivity contribution in [2.45, 2.75) is 19.8 Å². The molecular formula is C13H13NOS. The number of hydrogen-bond donors (Lipinski definition) is 0. The molecule has 0 radical (unpaired) electrons. The molecule has 0 amide bonds. The summed E-state index contributed by atoms with van der Waals surface area (Å²) in [5.74, 6) is 0.458. The zero-order valence-corrected chi connectivity index (χ0v) is 10.1. The Hall–Kier alpha value is -1.48. The Morgan fingerprint density at radius 1 is 1.25 bits per heavy atom. The summed E-state index contributed by atoms with van der Waals surface area (Å²) in [6.07, 6.45) is 0.852. The molecule has 0 saturated carbocycles. The van der Waals surface area contributed by atoms with Crippen LogP contribution in [0.2, 0.25) is 0 Å². The highest BCUT2D eigenvalue weighted by Crippen LogP contribution is 2.26. The number of hydrogen-bond acceptors (Lipinski definition) is 3. The molecule has 0 aliphatic rings. The third-order valence-corrected chi connectivity index (χ3v) is 3.32. The summed E-state index contributed by atoms with van der Waals surface area (Å²) in [5.41, 5.74) is 2.89. The summed E-state index contributed by atoms with van der Waals surface area (Å²) in [6.45, 7) is 4.27. The first-order valence-electron chi connectivity index (χ1n) is 5.21. The lowest BCUT2D eigenvalue weighted by molar-refractivity contribution is 0.112. The van der Waals surface area contributed by atoms with Gasteiger partial charge in [-0.1, -0.05) is 38.1 Å². The second-order valence-corrected chi connectivity index (χ2v) is 4.83. The molecule has 3 heteroatoms. The lowest BCUT2D eigenvalue weighted by atomic mass is 10.1. The van der Waals surface area contributed by atoms with Crippen molar-refractivity contribution in [3.05, 3.63) is 40.9 Å². The first kappa shape index (κ1) is 11.0. The summed E-state index contributed by atoms with van der Waals surface area (Å²) in [5, 5.41) is 3.11. The zero-order valence-electron chi connectivity index (χ0n) is 9.31. The van der Waals surface area contributed by atoms with Crippen molar-refractivity contribution < 1.29 is 4.79 Å². The van der Waals surface area contributed by atoms with E-state index < -0.39 is 0 Å². The number of nitrogens with zero attached hydrogens (tertiary/aromatic N) is 1. The maximum atomic E-state index is 10.5. The van der Waals surface area contributed by atoms with Crippen LogP contribution in [-0.2, 0) is 0 Å². The van der Waals surface area contributed by atoms with E-state index in [2.05, 4.69) is 24.2 Å². The molecule has 2 rings (SSSR count). The molecule has 0 N–H and O–H groups in total. The highest BCUT2D eigenvalue weighted by molar-refractivity contribution is 7.13. The van der Waals surface area contributed by atoms with Gasteiger partial charge in [-0.05, 0) is 5.92 Å². The molecule has 0 fully saturated rings. The fraction of sp³-hybridized carbons (Fsp3) is 0.231. The summed E-state index contributed by atoms with van der Waals surface area (Å²) < 4.78 is 0. The van der Waals surface area contributed by atoms with E-state index in [1.807, 2.05) is 24.3 Å². The molecule has 0 spiro atoms. The molecule has 0 aliphatic carbocycles. The molecule has 1 heterocycles. The molecule has 82 valence electrons. The van der Waals surface area contributed by atoms with Gasteiger partial charge >= 0.3 is 0 Å². The lowest BCUT2D eigenvalue weighted by Crippen LogP contribution is -1.87. The van der Waals surface area contributed by atoms with Crippen molar-refractivity contribution >= 4 is 17.6 Å². The Morgan fingerprint density at radius 3 is 2.44 bits per heavy atom. The molecule has 0 bridgehead atoms. The fourth-order valence-electron chi connectivity index (χ4n) is 1.39. The van der Waals surface area contributed by atoms with Gasteiger partial charge in [0.25, 0.3) is 0 Å². The average molecular weight is 231 g/mol. The predicted molar refractivity (Wildman–Crippen MR) is 67.0 cm³/mol. The van der Waals surface area contributed by atoms with Crippen molar-refractivity contribution in [1.29, 1.82) is 0 Å². The summed E-state index contributed by atoms with van der Waals surface area (Å²) in [4.78, 5) is 15.1. The highest BCUT2D eigenvalue weighted by Gasteiger charge is 2.07. The van der Waals surface area contributed by atoms with E-state index in [4.69, 9.17) is 0 Å². The van der Waals surface area contributed by atoms with Crippen LogP contribution in [0, 0.1) is 0 Å². The normalized spacial score (nSPS) is 10.7. The van der Waals surface area contributed by atoms with Crippen LogP contribution in [0.25, 0.3) is 10.6 Å². The van der Waals surface area contributed by atoms with Crippen LogP contribution in [-0.4, -0.2) is 11.3 Å². The summed E-state index contributed by atoms with van der Waals surface area (Å²) >= 11 is 1.64. The lowest BCUT2D eigenvalue weighted by Gasteiger charge is -1.98. The molecule has 0 atom stereocenters. The van der Waals surface area contributed by atoms with Crippen molar-refractivity contribution in [3.8, 4) is 10.6 Å². The minimum absolute atomic E-state index is 0.458. The van der Waals surface area contributed by atoms with Gasteiger partial charge in [0.2, 0.25) is 0 Å². The van der Waals surface area contributed by atoms with Crippen LogP contribution in [0.1, 0.15) is 35.8 Å². The SMILES string of the molecule is CC(C)c1csc(-c2ccc(C=O)cc2)n1. The number of thiazole rings is 1. The summed E-state index contributed by atoms with van der Waals surface area (Å²) in [7, 11) is 0. The fourth-order valence-corrected chi connectivity index (χ4v) is 2.38. The van der Waals surface area contributed by atoms with Gasteiger partial charge in [0.1, 0.15) is 11.3 Å². The van der Waals surface area contributed by atoms with E-state index >= 15 is 0 Å². The third kappa shape index (κ3) is 2.19. The van der Waals surface area contributed by atoms with Crippen molar-refractivity contribution in [3.63, 3.8) is 0 Å². The zero-order chi connectivity index (χ0) is 11.5. The molecule has 1 aromatic carbocycles. The second-order valence-electron chi connectivity index (χ2n) is 3.97. The standard InChI is InChI=1S/C13H13NOS/c1-9(2)12-8-16-13(14-12)11-5-3-10(7-15)4-6-11/h3-9H,1-2H3. The maximum Gasteiger partial charge on any atom is 0.150 e. The smallest absolute Gasteiger partial charge is 0.150 e. The summed E-state index contributed by atoms with van der Waals surface area (Å²) in [6, 6.07) is 7.51. The van der Waals surface area contributed by atoms with Crippen LogP contribution < -0.4 is 0 Å². The monoisotopic (exact) mass is 231 g/mol. The van der Waals surface area contributed by atoms with Gasteiger partial charge in [-0.15, -0.1) is 11.3 Å². The third-order valence-electron chi connectivity index (χ3n) is 2.41. The number of carbonyl (C=O) groups excluding carboxylic acids is 1. The van der Waals surface area contributed by atoms with Gasteiger partial charge in [0.05, 0.1) is 5.69 Å². The Kier molecular flexibility index (Phi) is 3.15.